The third kappa shape index (κ3) is 7.48. The van der Waals surface area contributed by atoms with Crippen molar-refractivity contribution in [2.24, 2.45) is 0 Å². The van der Waals surface area contributed by atoms with Gasteiger partial charge < -0.3 is 0 Å². The lowest BCUT2D eigenvalue weighted by Crippen LogP contribution is -1.68. The molecule has 0 nitrogen and oxygen atoms in total. The Morgan fingerprint density at radius 1 is 0.889 bits per heavy atom. The Morgan fingerprint density at radius 2 is 1.33 bits per heavy atom. The van der Waals surface area contributed by atoms with Crippen LogP contribution in [0.15, 0.2) is 24.3 Å². The van der Waals surface area contributed by atoms with Crippen LogP contribution in [-0.2, 0) is 0 Å². The van der Waals surface area contributed by atoms with Gasteiger partial charge in [0, 0.05) is 0 Å². The van der Waals surface area contributed by atoms with E-state index in [-0.39, 0.29) is 0 Å². The molecular formula is C9H15. The smallest absolute Gasteiger partial charge is 0.0311 e. The standard InChI is InChI=1S/C9H15/c1-3-5-7-9-8-6-4-2/h3-6,9H,7-8H2,1-2H3. The zero-order valence-electron chi connectivity index (χ0n) is 6.30. The SMILES string of the molecule is CC=CC[CH]CC=CC. The van der Waals surface area contributed by atoms with E-state index < -0.39 is 0 Å². The van der Waals surface area contributed by atoms with E-state index >= 15 is 0 Å². The summed E-state index contributed by atoms with van der Waals surface area (Å²) in [5.41, 5.74) is 0. The molecule has 0 N–H and O–H groups in total. The van der Waals surface area contributed by atoms with Crippen LogP contribution in [0.3, 0.4) is 0 Å². The van der Waals surface area contributed by atoms with Crippen molar-refractivity contribution in [1.82, 2.24) is 0 Å². The first kappa shape index (κ1) is 8.48. The van der Waals surface area contributed by atoms with E-state index in [1.54, 1.807) is 0 Å². The zero-order chi connectivity index (χ0) is 6.95. The van der Waals surface area contributed by atoms with Crippen LogP contribution in [0.25, 0.3) is 0 Å². The van der Waals surface area contributed by atoms with Crippen molar-refractivity contribution in [2.45, 2.75) is 26.7 Å². The average Bonchev–Trinajstić information content (AvgIpc) is 1.89. The van der Waals surface area contributed by atoms with Gasteiger partial charge in [-0.2, -0.15) is 0 Å². The van der Waals surface area contributed by atoms with Gasteiger partial charge >= 0.3 is 0 Å². The van der Waals surface area contributed by atoms with Crippen molar-refractivity contribution >= 4 is 0 Å². The van der Waals surface area contributed by atoms with E-state index in [1.807, 2.05) is 13.8 Å². The highest BCUT2D eigenvalue weighted by Crippen LogP contribution is 1.95. The summed E-state index contributed by atoms with van der Waals surface area (Å²) < 4.78 is 0. The summed E-state index contributed by atoms with van der Waals surface area (Å²) >= 11 is 0. The number of rotatable bonds is 4. The highest BCUT2D eigenvalue weighted by Gasteiger charge is 1.77. The number of hydrogen-bond donors (Lipinski definition) is 0. The summed E-state index contributed by atoms with van der Waals surface area (Å²) in [6, 6.07) is 0. The molecule has 9 heavy (non-hydrogen) atoms. The summed E-state index contributed by atoms with van der Waals surface area (Å²) in [6.45, 7) is 4.09. The Labute approximate surface area is 58.3 Å². The Morgan fingerprint density at radius 3 is 1.67 bits per heavy atom. The third-order valence-electron chi connectivity index (χ3n) is 1.08. The molecule has 0 aromatic rings. The van der Waals surface area contributed by atoms with Crippen molar-refractivity contribution in [3.8, 4) is 0 Å². The summed E-state index contributed by atoms with van der Waals surface area (Å²) in [4.78, 5) is 0. The fraction of sp³-hybridized carbons (Fsp3) is 0.444. The zero-order valence-corrected chi connectivity index (χ0v) is 6.30. The molecule has 0 aromatic carbocycles. The number of allylic oxidation sites excluding steroid dienone is 4. The van der Waals surface area contributed by atoms with Crippen molar-refractivity contribution in [3.05, 3.63) is 30.7 Å². The van der Waals surface area contributed by atoms with Gasteiger partial charge in [0.05, 0.1) is 0 Å². The monoisotopic (exact) mass is 123 g/mol. The van der Waals surface area contributed by atoms with Gasteiger partial charge in [-0.3, -0.25) is 0 Å². The van der Waals surface area contributed by atoms with Crippen molar-refractivity contribution < 1.29 is 0 Å². The minimum Gasteiger partial charge on any atom is -0.0917 e. The minimum atomic E-state index is 1.10. The second-order valence-corrected chi connectivity index (χ2v) is 1.90. The number of unbranched alkanes of at least 4 members (excludes halogenated alkanes) is 2. The largest absolute Gasteiger partial charge is 0.0917 e. The molecule has 0 amide bonds. The van der Waals surface area contributed by atoms with Gasteiger partial charge in [0.15, 0.2) is 0 Å². The molecular weight excluding hydrogens is 108 g/mol. The van der Waals surface area contributed by atoms with Crippen LogP contribution >= 0.6 is 0 Å². The van der Waals surface area contributed by atoms with Crippen LogP contribution in [-0.4, -0.2) is 0 Å². The van der Waals surface area contributed by atoms with Crippen molar-refractivity contribution in [2.75, 3.05) is 0 Å². The maximum atomic E-state index is 2.25. The van der Waals surface area contributed by atoms with Gasteiger partial charge in [0.1, 0.15) is 0 Å². The van der Waals surface area contributed by atoms with Crippen LogP contribution in [0.2, 0.25) is 0 Å². The fourth-order valence-electron chi connectivity index (χ4n) is 0.561. The average molecular weight is 123 g/mol. The molecule has 0 unspecified atom stereocenters. The predicted molar refractivity (Wildman–Crippen MR) is 43.2 cm³/mol. The molecule has 51 valence electrons. The fourth-order valence-corrected chi connectivity index (χ4v) is 0.561. The van der Waals surface area contributed by atoms with E-state index in [0.717, 1.165) is 12.8 Å². The summed E-state index contributed by atoms with van der Waals surface area (Å²) in [6.07, 6.45) is 12.9. The summed E-state index contributed by atoms with van der Waals surface area (Å²) in [5, 5.41) is 0. The van der Waals surface area contributed by atoms with Crippen LogP contribution in [0.4, 0.5) is 0 Å². The molecule has 0 aliphatic carbocycles. The topological polar surface area (TPSA) is 0 Å². The highest BCUT2D eigenvalue weighted by atomic mass is 13.8. The number of hydrogen-bond acceptors (Lipinski definition) is 0. The highest BCUT2D eigenvalue weighted by molar-refractivity contribution is 4.89. The van der Waals surface area contributed by atoms with Crippen LogP contribution < -0.4 is 0 Å². The van der Waals surface area contributed by atoms with E-state index in [0.29, 0.717) is 0 Å². The van der Waals surface area contributed by atoms with Crippen LogP contribution in [0, 0.1) is 6.42 Å². The Kier molecular flexibility index (Phi) is 7.05. The van der Waals surface area contributed by atoms with Crippen molar-refractivity contribution in [3.63, 3.8) is 0 Å². The first-order valence-corrected chi connectivity index (χ1v) is 3.45. The molecule has 1 radical (unpaired) electrons. The van der Waals surface area contributed by atoms with Gasteiger partial charge in [-0.25, -0.2) is 0 Å². The quantitative estimate of drug-likeness (QED) is 0.398. The maximum absolute atomic E-state index is 2.25. The molecule has 0 rings (SSSR count). The molecule has 0 saturated heterocycles. The normalized spacial score (nSPS) is 11.8. The van der Waals surface area contributed by atoms with Gasteiger partial charge in [0.2, 0.25) is 0 Å². The molecule has 0 spiro atoms. The molecule has 0 aliphatic rings. The molecule has 0 atom stereocenters. The lowest BCUT2D eigenvalue weighted by atomic mass is 10.2. The van der Waals surface area contributed by atoms with E-state index in [1.165, 1.54) is 0 Å². The maximum Gasteiger partial charge on any atom is -0.0311 e. The molecule has 0 fully saturated rings. The van der Waals surface area contributed by atoms with Crippen LogP contribution in [0.5, 0.6) is 0 Å². The lowest BCUT2D eigenvalue weighted by Gasteiger charge is -1.86. The third-order valence-corrected chi connectivity index (χ3v) is 1.08. The summed E-state index contributed by atoms with van der Waals surface area (Å²) in [7, 11) is 0. The first-order valence-electron chi connectivity index (χ1n) is 3.45. The Bertz CT molecular complexity index is 76.2. The predicted octanol–water partition coefficient (Wildman–Crippen LogP) is 3.12. The summed E-state index contributed by atoms with van der Waals surface area (Å²) in [5.74, 6) is 0. The first-order chi connectivity index (χ1) is 4.41. The van der Waals surface area contributed by atoms with Crippen LogP contribution in [0.1, 0.15) is 26.7 Å². The van der Waals surface area contributed by atoms with Gasteiger partial charge in [0.25, 0.3) is 0 Å². The van der Waals surface area contributed by atoms with Gasteiger partial charge in [-0.05, 0) is 33.1 Å². The second-order valence-electron chi connectivity index (χ2n) is 1.90. The Balaban J connectivity index is 2.91. The van der Waals surface area contributed by atoms with Gasteiger partial charge in [-0.1, -0.05) is 24.3 Å². The van der Waals surface area contributed by atoms with Gasteiger partial charge in [-0.15, -0.1) is 0 Å². The Hall–Kier alpha value is -0.520. The second kappa shape index (κ2) is 7.48. The lowest BCUT2D eigenvalue weighted by molar-refractivity contribution is 1.10. The van der Waals surface area contributed by atoms with Crippen molar-refractivity contribution in [1.29, 1.82) is 0 Å². The molecule has 0 aromatic heterocycles. The molecule has 0 aliphatic heterocycles. The molecule has 0 heteroatoms. The minimum absolute atomic E-state index is 1.10. The molecule has 0 saturated carbocycles. The molecule has 0 bridgehead atoms. The van der Waals surface area contributed by atoms with E-state index in [4.69, 9.17) is 0 Å². The van der Waals surface area contributed by atoms with E-state index in [2.05, 4.69) is 30.7 Å². The molecule has 0 heterocycles. The van der Waals surface area contributed by atoms with E-state index in [9.17, 15) is 0 Å².